The van der Waals surface area contributed by atoms with Crippen molar-refractivity contribution in [3.05, 3.63) is 33.8 Å². The molecule has 2 rings (SSSR count). The molecule has 1 aliphatic heterocycles. The molecule has 1 fully saturated rings. The zero-order valence-corrected chi connectivity index (χ0v) is 11.4. The maximum atomic E-state index is 9.66. The molecule has 0 radical (unpaired) electrons. The number of hydrogen-bond donors (Lipinski definition) is 2. The van der Waals surface area contributed by atoms with Crippen LogP contribution in [-0.2, 0) is 0 Å². The SMILES string of the molecule is NCC(O)c1ccc(C2CCSC2)c(Br)c1. The third-order valence-electron chi connectivity index (χ3n) is 3.00. The summed E-state index contributed by atoms with van der Waals surface area (Å²) < 4.78 is 1.10. The van der Waals surface area contributed by atoms with Gasteiger partial charge in [-0.2, -0.15) is 11.8 Å². The largest absolute Gasteiger partial charge is 0.387 e. The van der Waals surface area contributed by atoms with Crippen LogP contribution in [-0.4, -0.2) is 23.2 Å². The van der Waals surface area contributed by atoms with Crippen LogP contribution in [0.5, 0.6) is 0 Å². The van der Waals surface area contributed by atoms with Gasteiger partial charge in [0.25, 0.3) is 0 Å². The van der Waals surface area contributed by atoms with E-state index < -0.39 is 6.10 Å². The van der Waals surface area contributed by atoms with Crippen LogP contribution in [0, 0.1) is 0 Å². The lowest BCUT2D eigenvalue weighted by molar-refractivity contribution is 0.186. The molecular formula is C12H16BrNOS. The number of halogens is 1. The normalized spacial score (nSPS) is 22.3. The summed E-state index contributed by atoms with van der Waals surface area (Å²) in [6, 6.07) is 6.10. The van der Waals surface area contributed by atoms with Crippen LogP contribution < -0.4 is 5.73 Å². The molecule has 2 unspecified atom stereocenters. The van der Waals surface area contributed by atoms with Crippen molar-refractivity contribution in [2.24, 2.45) is 5.73 Å². The van der Waals surface area contributed by atoms with Gasteiger partial charge in [-0.25, -0.2) is 0 Å². The van der Waals surface area contributed by atoms with Gasteiger partial charge in [0.05, 0.1) is 6.10 Å². The van der Waals surface area contributed by atoms with Crippen molar-refractivity contribution in [1.29, 1.82) is 0 Å². The van der Waals surface area contributed by atoms with Gasteiger partial charge in [0.2, 0.25) is 0 Å². The summed E-state index contributed by atoms with van der Waals surface area (Å²) >= 11 is 5.60. The number of thioether (sulfide) groups is 1. The zero-order valence-electron chi connectivity index (χ0n) is 9.03. The molecule has 16 heavy (non-hydrogen) atoms. The Balaban J connectivity index is 2.22. The number of rotatable bonds is 3. The Bertz CT molecular complexity index is 366. The van der Waals surface area contributed by atoms with E-state index in [1.54, 1.807) is 0 Å². The summed E-state index contributed by atoms with van der Waals surface area (Å²) in [5.41, 5.74) is 7.70. The molecule has 0 saturated carbocycles. The van der Waals surface area contributed by atoms with Crippen molar-refractivity contribution >= 4 is 27.7 Å². The Morgan fingerprint density at radius 2 is 2.38 bits per heavy atom. The van der Waals surface area contributed by atoms with Crippen LogP contribution in [0.2, 0.25) is 0 Å². The maximum Gasteiger partial charge on any atom is 0.0912 e. The standard InChI is InChI=1S/C12H16BrNOS/c13-11-5-8(12(15)6-14)1-2-10(11)9-3-4-16-7-9/h1-2,5,9,12,15H,3-4,6-7,14H2. The fraction of sp³-hybridized carbons (Fsp3) is 0.500. The van der Waals surface area contributed by atoms with E-state index in [1.165, 1.54) is 23.5 Å². The van der Waals surface area contributed by atoms with Gasteiger partial charge < -0.3 is 10.8 Å². The second kappa shape index (κ2) is 5.54. The van der Waals surface area contributed by atoms with E-state index in [1.807, 2.05) is 23.9 Å². The summed E-state index contributed by atoms with van der Waals surface area (Å²) in [5.74, 6) is 3.12. The van der Waals surface area contributed by atoms with Gasteiger partial charge in [-0.1, -0.05) is 28.1 Å². The van der Waals surface area contributed by atoms with Crippen molar-refractivity contribution in [3.8, 4) is 0 Å². The van der Waals surface area contributed by atoms with Crippen LogP contribution in [0.4, 0.5) is 0 Å². The third kappa shape index (κ3) is 2.62. The first-order valence-electron chi connectivity index (χ1n) is 5.47. The summed E-state index contributed by atoms with van der Waals surface area (Å²) in [7, 11) is 0. The molecule has 4 heteroatoms. The van der Waals surface area contributed by atoms with E-state index >= 15 is 0 Å². The molecule has 2 atom stereocenters. The molecule has 0 amide bonds. The first-order chi connectivity index (χ1) is 7.72. The molecular weight excluding hydrogens is 286 g/mol. The minimum absolute atomic E-state index is 0.269. The Morgan fingerprint density at radius 1 is 1.56 bits per heavy atom. The summed E-state index contributed by atoms with van der Waals surface area (Å²) in [6.45, 7) is 0.269. The van der Waals surface area contributed by atoms with E-state index in [0.717, 1.165) is 10.0 Å². The second-order valence-corrected chi connectivity index (χ2v) is 6.10. The van der Waals surface area contributed by atoms with Gasteiger partial charge in [0, 0.05) is 16.8 Å². The molecule has 1 aromatic rings. The van der Waals surface area contributed by atoms with Gasteiger partial charge in [0.15, 0.2) is 0 Å². The number of hydrogen-bond acceptors (Lipinski definition) is 3. The van der Waals surface area contributed by atoms with Crippen molar-refractivity contribution in [3.63, 3.8) is 0 Å². The molecule has 88 valence electrons. The van der Waals surface area contributed by atoms with Crippen molar-refractivity contribution < 1.29 is 5.11 Å². The molecule has 3 N–H and O–H groups in total. The lowest BCUT2D eigenvalue weighted by Crippen LogP contribution is -2.11. The highest BCUT2D eigenvalue weighted by atomic mass is 79.9. The highest BCUT2D eigenvalue weighted by molar-refractivity contribution is 9.10. The number of nitrogens with two attached hydrogens (primary N) is 1. The van der Waals surface area contributed by atoms with Crippen molar-refractivity contribution in [2.45, 2.75) is 18.4 Å². The molecule has 2 nitrogen and oxygen atoms in total. The molecule has 1 heterocycles. The fourth-order valence-electron chi connectivity index (χ4n) is 2.00. The van der Waals surface area contributed by atoms with Crippen LogP contribution in [0.1, 0.15) is 29.6 Å². The predicted molar refractivity (Wildman–Crippen MR) is 72.8 cm³/mol. The van der Waals surface area contributed by atoms with Crippen LogP contribution in [0.3, 0.4) is 0 Å². The highest BCUT2D eigenvalue weighted by Gasteiger charge is 2.20. The monoisotopic (exact) mass is 301 g/mol. The zero-order chi connectivity index (χ0) is 11.5. The second-order valence-electron chi connectivity index (χ2n) is 4.09. The van der Waals surface area contributed by atoms with E-state index in [0.29, 0.717) is 5.92 Å². The lowest BCUT2D eigenvalue weighted by Gasteiger charge is -2.14. The Morgan fingerprint density at radius 3 is 2.94 bits per heavy atom. The van der Waals surface area contributed by atoms with E-state index in [-0.39, 0.29) is 6.54 Å². The first-order valence-corrected chi connectivity index (χ1v) is 7.42. The Kier molecular flexibility index (Phi) is 4.30. The smallest absolute Gasteiger partial charge is 0.0912 e. The Hall–Kier alpha value is -0.0300. The minimum atomic E-state index is -0.552. The van der Waals surface area contributed by atoms with E-state index in [4.69, 9.17) is 5.73 Å². The number of aliphatic hydroxyl groups excluding tert-OH is 1. The molecule has 0 aromatic heterocycles. The summed E-state index contributed by atoms with van der Waals surface area (Å²) in [6.07, 6.45) is 0.700. The van der Waals surface area contributed by atoms with Gasteiger partial charge in [-0.3, -0.25) is 0 Å². The van der Waals surface area contributed by atoms with E-state index in [9.17, 15) is 5.11 Å². The highest BCUT2D eigenvalue weighted by Crippen LogP contribution is 2.36. The molecule has 1 saturated heterocycles. The molecule has 1 aliphatic rings. The van der Waals surface area contributed by atoms with Gasteiger partial charge >= 0.3 is 0 Å². The third-order valence-corrected chi connectivity index (χ3v) is 4.85. The number of aliphatic hydroxyl groups is 1. The average molecular weight is 302 g/mol. The lowest BCUT2D eigenvalue weighted by atomic mass is 9.96. The quantitative estimate of drug-likeness (QED) is 0.902. The number of benzene rings is 1. The van der Waals surface area contributed by atoms with Gasteiger partial charge in [-0.15, -0.1) is 0 Å². The maximum absolute atomic E-state index is 9.66. The van der Waals surface area contributed by atoms with Crippen molar-refractivity contribution in [2.75, 3.05) is 18.1 Å². The van der Waals surface area contributed by atoms with Crippen LogP contribution >= 0.6 is 27.7 Å². The van der Waals surface area contributed by atoms with Crippen LogP contribution in [0.15, 0.2) is 22.7 Å². The molecule has 0 aliphatic carbocycles. The summed E-state index contributed by atoms with van der Waals surface area (Å²) in [4.78, 5) is 0. The molecule has 0 spiro atoms. The Labute approximate surface area is 109 Å². The van der Waals surface area contributed by atoms with Crippen LogP contribution in [0.25, 0.3) is 0 Å². The minimum Gasteiger partial charge on any atom is -0.387 e. The van der Waals surface area contributed by atoms with Gasteiger partial charge in [0.1, 0.15) is 0 Å². The van der Waals surface area contributed by atoms with Gasteiger partial charge in [-0.05, 0) is 35.3 Å². The average Bonchev–Trinajstić information content (AvgIpc) is 2.81. The first kappa shape index (κ1) is 12.4. The van der Waals surface area contributed by atoms with E-state index in [2.05, 4.69) is 22.0 Å². The van der Waals surface area contributed by atoms with Crippen molar-refractivity contribution in [1.82, 2.24) is 0 Å². The molecule has 1 aromatic carbocycles. The fourth-order valence-corrected chi connectivity index (χ4v) is 3.97. The predicted octanol–water partition coefficient (Wildman–Crippen LogP) is 2.66. The molecule has 0 bridgehead atoms. The summed E-state index contributed by atoms with van der Waals surface area (Å²) in [5, 5.41) is 9.66. The topological polar surface area (TPSA) is 46.2 Å².